The number of nitrogens with one attached hydrogen (secondary N) is 1. The first-order valence-electron chi connectivity index (χ1n) is 4.32. The Morgan fingerprint density at radius 3 is 2.58 bits per heavy atom. The van der Waals surface area contributed by atoms with Gasteiger partial charge in [0.25, 0.3) is 0 Å². The summed E-state index contributed by atoms with van der Waals surface area (Å²) in [5.41, 5.74) is 0. The molecule has 0 heterocycles. The second-order valence-electron chi connectivity index (χ2n) is 2.63. The molecule has 3 nitrogen and oxygen atoms in total. The van der Waals surface area contributed by atoms with Gasteiger partial charge in [-0.05, 0) is 18.9 Å². The predicted octanol–water partition coefficient (Wildman–Crippen LogP) is 0.841. The highest BCUT2D eigenvalue weighted by molar-refractivity contribution is 5.86. The summed E-state index contributed by atoms with van der Waals surface area (Å²) >= 11 is 0. The minimum atomic E-state index is -0.114. The number of unbranched alkanes of at least 4 members (excludes halogenated alkanes) is 3. The van der Waals surface area contributed by atoms with E-state index in [0.717, 1.165) is 25.7 Å². The molecule has 1 amide bonds. The maximum Gasteiger partial charge on any atom is 0.243 e. The molecule has 0 radical (unpaired) electrons. The lowest BCUT2D eigenvalue weighted by Crippen LogP contribution is -2.21. The zero-order chi connectivity index (χ0) is 9.23. The molecule has 0 saturated heterocycles. The van der Waals surface area contributed by atoms with Gasteiger partial charge in [0.2, 0.25) is 5.91 Å². The van der Waals surface area contributed by atoms with E-state index >= 15 is 0 Å². The van der Waals surface area contributed by atoms with Crippen LogP contribution in [0.1, 0.15) is 25.7 Å². The van der Waals surface area contributed by atoms with E-state index in [1.165, 1.54) is 6.08 Å². The zero-order valence-corrected chi connectivity index (χ0v) is 7.38. The molecule has 0 saturated carbocycles. The van der Waals surface area contributed by atoms with Gasteiger partial charge in [0, 0.05) is 13.2 Å². The maximum absolute atomic E-state index is 10.6. The number of amides is 1. The Bertz CT molecular complexity index is 134. The average molecular weight is 171 g/mol. The Kier molecular flexibility index (Phi) is 7.70. The molecule has 0 aliphatic carbocycles. The third-order valence-corrected chi connectivity index (χ3v) is 1.57. The second-order valence-corrected chi connectivity index (χ2v) is 2.63. The molecular weight excluding hydrogens is 154 g/mol. The van der Waals surface area contributed by atoms with Gasteiger partial charge in [-0.1, -0.05) is 19.4 Å². The van der Waals surface area contributed by atoms with Crippen molar-refractivity contribution >= 4 is 5.91 Å². The van der Waals surface area contributed by atoms with E-state index < -0.39 is 0 Å². The van der Waals surface area contributed by atoms with Gasteiger partial charge in [-0.25, -0.2) is 0 Å². The second kappa shape index (κ2) is 8.27. The van der Waals surface area contributed by atoms with Crippen molar-refractivity contribution in [1.29, 1.82) is 0 Å². The van der Waals surface area contributed by atoms with Crippen LogP contribution in [0.25, 0.3) is 0 Å². The Labute approximate surface area is 73.5 Å². The number of carbonyl (C=O) groups excluding carboxylic acids is 1. The standard InChI is InChI=1S/C9H17NO2/c1-2-9(12)10-7-5-3-4-6-8-11/h2,11H,1,3-8H2,(H,10,12). The van der Waals surface area contributed by atoms with E-state index in [9.17, 15) is 4.79 Å². The summed E-state index contributed by atoms with van der Waals surface area (Å²) in [5, 5.41) is 11.2. The molecule has 0 atom stereocenters. The van der Waals surface area contributed by atoms with Gasteiger partial charge >= 0.3 is 0 Å². The number of hydrogen-bond donors (Lipinski definition) is 2. The quantitative estimate of drug-likeness (QED) is 0.440. The van der Waals surface area contributed by atoms with E-state index in [2.05, 4.69) is 11.9 Å². The van der Waals surface area contributed by atoms with Crippen LogP contribution in [-0.4, -0.2) is 24.2 Å². The molecule has 0 aromatic rings. The van der Waals surface area contributed by atoms with Gasteiger partial charge in [0.05, 0.1) is 0 Å². The molecule has 2 N–H and O–H groups in total. The Hall–Kier alpha value is -0.830. The SMILES string of the molecule is C=CC(=O)NCCCCCCO. The van der Waals surface area contributed by atoms with Crippen LogP contribution in [-0.2, 0) is 4.79 Å². The first-order valence-corrected chi connectivity index (χ1v) is 4.32. The third-order valence-electron chi connectivity index (χ3n) is 1.57. The highest BCUT2D eigenvalue weighted by atomic mass is 16.2. The maximum atomic E-state index is 10.6. The van der Waals surface area contributed by atoms with E-state index in [1.807, 2.05) is 0 Å². The Balaban J connectivity index is 3.00. The lowest BCUT2D eigenvalue weighted by Gasteiger charge is -2.00. The molecule has 0 bridgehead atoms. The van der Waals surface area contributed by atoms with Crippen molar-refractivity contribution < 1.29 is 9.90 Å². The van der Waals surface area contributed by atoms with E-state index in [1.54, 1.807) is 0 Å². The van der Waals surface area contributed by atoms with Gasteiger partial charge in [-0.15, -0.1) is 0 Å². The van der Waals surface area contributed by atoms with Crippen LogP contribution < -0.4 is 5.32 Å². The first-order chi connectivity index (χ1) is 5.81. The smallest absolute Gasteiger partial charge is 0.243 e. The summed E-state index contributed by atoms with van der Waals surface area (Å²) in [6.45, 7) is 4.31. The fourth-order valence-corrected chi connectivity index (χ4v) is 0.874. The molecule has 0 rings (SSSR count). The fraction of sp³-hybridized carbons (Fsp3) is 0.667. The van der Waals surface area contributed by atoms with Crippen molar-refractivity contribution in [3.05, 3.63) is 12.7 Å². The topological polar surface area (TPSA) is 49.3 Å². The molecule has 0 aromatic heterocycles. The molecule has 0 unspecified atom stereocenters. The summed E-state index contributed by atoms with van der Waals surface area (Å²) in [6.07, 6.45) is 5.18. The molecule has 0 aromatic carbocycles. The number of hydrogen-bond acceptors (Lipinski definition) is 2. The van der Waals surface area contributed by atoms with Gasteiger partial charge in [0.15, 0.2) is 0 Å². The Morgan fingerprint density at radius 1 is 1.33 bits per heavy atom. The van der Waals surface area contributed by atoms with E-state index in [4.69, 9.17) is 5.11 Å². The van der Waals surface area contributed by atoms with Crippen molar-refractivity contribution in [2.45, 2.75) is 25.7 Å². The van der Waals surface area contributed by atoms with Crippen molar-refractivity contribution in [3.8, 4) is 0 Å². The molecule has 0 spiro atoms. The lowest BCUT2D eigenvalue weighted by atomic mass is 10.2. The minimum absolute atomic E-state index is 0.114. The van der Waals surface area contributed by atoms with Crippen LogP contribution in [0.3, 0.4) is 0 Å². The highest BCUT2D eigenvalue weighted by Crippen LogP contribution is 1.97. The first kappa shape index (κ1) is 11.2. The van der Waals surface area contributed by atoms with Gasteiger partial charge in [-0.3, -0.25) is 4.79 Å². The molecular formula is C9H17NO2. The van der Waals surface area contributed by atoms with Crippen LogP contribution in [0.4, 0.5) is 0 Å². The normalized spacial score (nSPS) is 9.42. The summed E-state index contributed by atoms with van der Waals surface area (Å²) in [6, 6.07) is 0. The molecule has 3 heteroatoms. The van der Waals surface area contributed by atoms with Crippen molar-refractivity contribution in [3.63, 3.8) is 0 Å². The Morgan fingerprint density at radius 2 is 2.00 bits per heavy atom. The number of aliphatic hydroxyl groups is 1. The molecule has 70 valence electrons. The summed E-state index contributed by atoms with van der Waals surface area (Å²) in [7, 11) is 0. The number of aliphatic hydroxyl groups excluding tert-OH is 1. The lowest BCUT2D eigenvalue weighted by molar-refractivity contribution is -0.116. The van der Waals surface area contributed by atoms with Crippen LogP contribution in [0.5, 0.6) is 0 Å². The predicted molar refractivity (Wildman–Crippen MR) is 48.8 cm³/mol. The minimum Gasteiger partial charge on any atom is -0.396 e. The fourth-order valence-electron chi connectivity index (χ4n) is 0.874. The summed E-state index contributed by atoms with van der Waals surface area (Å²) < 4.78 is 0. The molecule has 0 fully saturated rings. The van der Waals surface area contributed by atoms with Crippen molar-refractivity contribution in [2.24, 2.45) is 0 Å². The summed E-state index contributed by atoms with van der Waals surface area (Å²) in [5.74, 6) is -0.114. The third kappa shape index (κ3) is 7.28. The monoisotopic (exact) mass is 171 g/mol. The van der Waals surface area contributed by atoms with Crippen molar-refractivity contribution in [1.82, 2.24) is 5.32 Å². The van der Waals surface area contributed by atoms with Crippen LogP contribution in [0.2, 0.25) is 0 Å². The summed E-state index contributed by atoms with van der Waals surface area (Å²) in [4.78, 5) is 10.6. The highest BCUT2D eigenvalue weighted by Gasteiger charge is 1.92. The molecule has 0 aliphatic rings. The average Bonchev–Trinajstić information content (AvgIpc) is 2.10. The van der Waals surface area contributed by atoms with Gasteiger partial charge in [0.1, 0.15) is 0 Å². The van der Waals surface area contributed by atoms with Crippen LogP contribution >= 0.6 is 0 Å². The van der Waals surface area contributed by atoms with E-state index in [-0.39, 0.29) is 12.5 Å². The largest absolute Gasteiger partial charge is 0.396 e. The van der Waals surface area contributed by atoms with Gasteiger partial charge in [-0.2, -0.15) is 0 Å². The molecule has 12 heavy (non-hydrogen) atoms. The van der Waals surface area contributed by atoms with E-state index in [0.29, 0.717) is 6.54 Å². The number of carbonyl (C=O) groups is 1. The molecule has 0 aliphatic heterocycles. The zero-order valence-electron chi connectivity index (χ0n) is 7.38. The van der Waals surface area contributed by atoms with Gasteiger partial charge < -0.3 is 10.4 Å². The number of rotatable bonds is 7. The van der Waals surface area contributed by atoms with Crippen LogP contribution in [0, 0.1) is 0 Å². The van der Waals surface area contributed by atoms with Crippen molar-refractivity contribution in [2.75, 3.05) is 13.2 Å². The van der Waals surface area contributed by atoms with Crippen LogP contribution in [0.15, 0.2) is 12.7 Å².